The van der Waals surface area contributed by atoms with E-state index in [2.05, 4.69) is 39.7 Å². The Morgan fingerprint density at radius 2 is 1.70 bits per heavy atom. The smallest absolute Gasteiger partial charge is 0.317 e. The van der Waals surface area contributed by atoms with Crippen LogP contribution in [0.25, 0.3) is 21.9 Å². The van der Waals surface area contributed by atoms with Crippen LogP contribution in [0.4, 0.5) is 0 Å². The van der Waals surface area contributed by atoms with Crippen molar-refractivity contribution in [3.63, 3.8) is 0 Å². The van der Waals surface area contributed by atoms with Crippen molar-refractivity contribution in [1.29, 1.82) is 0 Å². The Bertz CT molecular complexity index is 1230. The number of rotatable bonds is 3. The van der Waals surface area contributed by atoms with Crippen LogP contribution in [0.5, 0.6) is 6.01 Å². The van der Waals surface area contributed by atoms with Gasteiger partial charge < -0.3 is 9.30 Å². The molecule has 4 rings (SSSR count). The van der Waals surface area contributed by atoms with E-state index in [0.717, 1.165) is 33.4 Å². The van der Waals surface area contributed by atoms with Gasteiger partial charge in [-0.05, 0) is 49.6 Å². The molecule has 2 heterocycles. The van der Waals surface area contributed by atoms with E-state index in [1.165, 1.54) is 7.11 Å². The summed E-state index contributed by atoms with van der Waals surface area (Å²) in [7, 11) is 1.51. The molecule has 0 aliphatic rings. The largest absolute Gasteiger partial charge is 0.467 e. The quantitative estimate of drug-likeness (QED) is 0.520. The van der Waals surface area contributed by atoms with Crippen molar-refractivity contribution in [1.82, 2.24) is 14.5 Å². The van der Waals surface area contributed by atoms with E-state index in [1.807, 2.05) is 38.1 Å². The summed E-state index contributed by atoms with van der Waals surface area (Å²) in [5.74, 6) is 0. The molecule has 2 aromatic carbocycles. The summed E-state index contributed by atoms with van der Waals surface area (Å²) in [5.41, 5.74) is 6.07. The monoisotopic (exact) mass is 359 g/mol. The van der Waals surface area contributed by atoms with E-state index >= 15 is 0 Å². The number of benzene rings is 2. The fourth-order valence-corrected chi connectivity index (χ4v) is 3.50. The number of fused-ring (bicyclic) bond motifs is 2. The van der Waals surface area contributed by atoms with Gasteiger partial charge in [-0.2, -0.15) is 9.97 Å². The minimum Gasteiger partial charge on any atom is -0.467 e. The van der Waals surface area contributed by atoms with Gasteiger partial charge in [0, 0.05) is 11.9 Å². The third-order valence-corrected chi connectivity index (χ3v) is 5.04. The van der Waals surface area contributed by atoms with Crippen molar-refractivity contribution in [3.05, 3.63) is 75.1 Å². The normalized spacial score (nSPS) is 11.3. The summed E-state index contributed by atoms with van der Waals surface area (Å²) in [4.78, 5) is 22.0. The van der Waals surface area contributed by atoms with Crippen LogP contribution in [0.1, 0.15) is 22.4 Å². The molecule has 5 nitrogen and oxygen atoms in total. The van der Waals surface area contributed by atoms with Crippen LogP contribution in [-0.2, 0) is 6.54 Å². The average Bonchev–Trinajstić information content (AvgIpc) is 2.67. The molecule has 5 heteroatoms. The van der Waals surface area contributed by atoms with E-state index in [4.69, 9.17) is 4.74 Å². The maximum atomic E-state index is 13.2. The number of hydrogen-bond donors (Lipinski definition) is 0. The second kappa shape index (κ2) is 6.50. The van der Waals surface area contributed by atoms with Crippen molar-refractivity contribution >= 4 is 21.9 Å². The third-order valence-electron chi connectivity index (χ3n) is 5.04. The number of pyridine rings is 1. The first-order chi connectivity index (χ1) is 13.0. The van der Waals surface area contributed by atoms with Gasteiger partial charge in [0.1, 0.15) is 5.52 Å². The highest BCUT2D eigenvalue weighted by Crippen LogP contribution is 2.25. The fourth-order valence-electron chi connectivity index (χ4n) is 3.50. The number of aryl methyl sites for hydroxylation is 3. The van der Waals surface area contributed by atoms with E-state index in [0.29, 0.717) is 17.4 Å². The van der Waals surface area contributed by atoms with Crippen LogP contribution in [-0.4, -0.2) is 21.6 Å². The van der Waals surface area contributed by atoms with Gasteiger partial charge in [0.2, 0.25) is 5.43 Å². The molecule has 27 heavy (non-hydrogen) atoms. The average molecular weight is 359 g/mol. The van der Waals surface area contributed by atoms with Gasteiger partial charge in [0.05, 0.1) is 23.8 Å². The van der Waals surface area contributed by atoms with Gasteiger partial charge in [-0.15, -0.1) is 0 Å². The lowest BCUT2D eigenvalue weighted by molar-refractivity contribution is 0.380. The van der Waals surface area contributed by atoms with Gasteiger partial charge in [-0.1, -0.05) is 30.3 Å². The molecule has 0 aliphatic carbocycles. The number of hydrogen-bond acceptors (Lipinski definition) is 4. The van der Waals surface area contributed by atoms with E-state index < -0.39 is 0 Å². The topological polar surface area (TPSA) is 57.0 Å². The molecule has 0 saturated carbocycles. The molecule has 0 amide bonds. The van der Waals surface area contributed by atoms with Crippen LogP contribution in [0, 0.1) is 20.8 Å². The Morgan fingerprint density at radius 3 is 2.41 bits per heavy atom. The molecule has 0 atom stereocenters. The summed E-state index contributed by atoms with van der Waals surface area (Å²) < 4.78 is 7.34. The SMILES string of the molecule is COc1nc(C)c2c(n1)c(=O)c1cc(C)c(C)cc1n2Cc1ccccc1. The molecule has 0 spiro atoms. The zero-order valence-corrected chi connectivity index (χ0v) is 15.9. The number of ether oxygens (including phenoxy) is 1. The van der Waals surface area contributed by atoms with Gasteiger partial charge in [0.25, 0.3) is 0 Å². The predicted octanol–water partition coefficient (Wildman–Crippen LogP) is 3.93. The van der Waals surface area contributed by atoms with Crippen molar-refractivity contribution in [2.45, 2.75) is 27.3 Å². The van der Waals surface area contributed by atoms with E-state index in [1.54, 1.807) is 0 Å². The van der Waals surface area contributed by atoms with Crippen molar-refractivity contribution in [2.24, 2.45) is 0 Å². The number of methoxy groups -OCH3 is 1. The second-order valence-corrected chi connectivity index (χ2v) is 6.85. The summed E-state index contributed by atoms with van der Waals surface area (Å²) in [6.45, 7) is 6.60. The van der Waals surface area contributed by atoms with Gasteiger partial charge in [0.15, 0.2) is 0 Å². The maximum Gasteiger partial charge on any atom is 0.317 e. The first-order valence-electron chi connectivity index (χ1n) is 8.89. The Hall–Kier alpha value is -3.21. The molecule has 0 unspecified atom stereocenters. The third kappa shape index (κ3) is 2.85. The number of aromatic nitrogens is 3. The lowest BCUT2D eigenvalue weighted by Crippen LogP contribution is -2.16. The maximum absolute atomic E-state index is 13.2. The highest BCUT2D eigenvalue weighted by molar-refractivity contribution is 5.93. The van der Waals surface area contributed by atoms with Crippen molar-refractivity contribution < 1.29 is 4.74 Å². The van der Waals surface area contributed by atoms with Crippen LogP contribution < -0.4 is 10.2 Å². The minimum absolute atomic E-state index is 0.0868. The van der Waals surface area contributed by atoms with Crippen LogP contribution >= 0.6 is 0 Å². The highest BCUT2D eigenvalue weighted by Gasteiger charge is 2.17. The zero-order valence-electron chi connectivity index (χ0n) is 15.9. The molecule has 0 aliphatic heterocycles. The van der Waals surface area contributed by atoms with Crippen LogP contribution in [0.2, 0.25) is 0 Å². The van der Waals surface area contributed by atoms with E-state index in [-0.39, 0.29) is 11.4 Å². The lowest BCUT2D eigenvalue weighted by Gasteiger charge is -2.18. The molecular weight excluding hydrogens is 338 g/mol. The molecule has 0 bridgehead atoms. The van der Waals surface area contributed by atoms with Gasteiger partial charge in [-0.3, -0.25) is 4.79 Å². The Kier molecular flexibility index (Phi) is 4.15. The molecular formula is C22H21N3O2. The molecule has 0 fully saturated rings. The Morgan fingerprint density at radius 1 is 1.00 bits per heavy atom. The molecule has 2 aromatic heterocycles. The highest BCUT2D eigenvalue weighted by atomic mass is 16.5. The van der Waals surface area contributed by atoms with Crippen LogP contribution in [0.15, 0.2) is 47.3 Å². The van der Waals surface area contributed by atoms with Crippen LogP contribution in [0.3, 0.4) is 0 Å². The Balaban J connectivity index is 2.17. The van der Waals surface area contributed by atoms with Gasteiger partial charge >= 0.3 is 6.01 Å². The second-order valence-electron chi connectivity index (χ2n) is 6.85. The summed E-state index contributed by atoms with van der Waals surface area (Å²) in [6.07, 6.45) is 0. The minimum atomic E-state index is -0.0868. The summed E-state index contributed by atoms with van der Waals surface area (Å²) in [5, 5.41) is 0.668. The first kappa shape index (κ1) is 17.2. The molecule has 4 aromatic rings. The predicted molar refractivity (Wildman–Crippen MR) is 108 cm³/mol. The molecule has 0 N–H and O–H groups in total. The van der Waals surface area contributed by atoms with Crippen molar-refractivity contribution in [3.8, 4) is 6.01 Å². The molecule has 0 saturated heterocycles. The summed E-state index contributed by atoms with van der Waals surface area (Å²) >= 11 is 0. The van der Waals surface area contributed by atoms with Crippen molar-refractivity contribution in [2.75, 3.05) is 7.11 Å². The molecule has 0 radical (unpaired) electrons. The van der Waals surface area contributed by atoms with Gasteiger partial charge in [-0.25, -0.2) is 0 Å². The number of nitrogens with zero attached hydrogens (tertiary/aromatic N) is 3. The Labute approximate surface area is 157 Å². The standard InChI is InChI=1S/C22H21N3O2/c1-13-10-17-18(11-14(13)2)25(12-16-8-6-5-7-9-16)20-15(3)23-22(27-4)24-19(20)21(17)26/h5-11H,12H2,1-4H3. The first-order valence-corrected chi connectivity index (χ1v) is 8.89. The fraction of sp³-hybridized carbons (Fsp3) is 0.227. The summed E-state index contributed by atoms with van der Waals surface area (Å²) in [6, 6.07) is 14.4. The lowest BCUT2D eigenvalue weighted by atomic mass is 10.0. The van der Waals surface area contributed by atoms with E-state index in [9.17, 15) is 4.79 Å². The zero-order chi connectivity index (χ0) is 19.1. The molecule has 136 valence electrons.